The van der Waals surface area contributed by atoms with E-state index in [1.165, 1.54) is 11.1 Å². The molecule has 0 aromatic carbocycles. The van der Waals surface area contributed by atoms with Gasteiger partial charge in [-0.1, -0.05) is 95.2 Å². The van der Waals surface area contributed by atoms with Crippen LogP contribution in [-0.4, -0.2) is 81.2 Å². The van der Waals surface area contributed by atoms with E-state index in [1.54, 1.807) is 6.08 Å². The Bertz CT molecular complexity index is 1350. The summed E-state index contributed by atoms with van der Waals surface area (Å²) in [6, 6.07) is 0. The van der Waals surface area contributed by atoms with Gasteiger partial charge in [-0.15, -0.1) is 0 Å². The fourth-order valence-electron chi connectivity index (χ4n) is 5.85. The van der Waals surface area contributed by atoms with Crippen molar-refractivity contribution >= 4 is 19.8 Å². The maximum Gasteiger partial charge on any atom is 0.306 e. The molecule has 0 amide bonds. The summed E-state index contributed by atoms with van der Waals surface area (Å²) in [6.07, 6.45) is 26.5. The van der Waals surface area contributed by atoms with Gasteiger partial charge >= 0.3 is 11.9 Å². The lowest BCUT2D eigenvalue weighted by Crippen LogP contribution is -2.37. The van der Waals surface area contributed by atoms with Crippen molar-refractivity contribution in [2.45, 2.75) is 162 Å². The van der Waals surface area contributed by atoms with Gasteiger partial charge in [0.2, 0.25) is 0 Å². The lowest BCUT2D eigenvalue weighted by Gasteiger charge is -2.28. The average Bonchev–Trinajstić information content (AvgIpc) is 3.40. The van der Waals surface area contributed by atoms with Gasteiger partial charge in [0.05, 0.1) is 33.9 Å². The number of aliphatic hydroxyl groups is 1. The van der Waals surface area contributed by atoms with Gasteiger partial charge < -0.3 is 37.4 Å². The van der Waals surface area contributed by atoms with Crippen LogP contribution in [0.4, 0.5) is 0 Å². The van der Waals surface area contributed by atoms with E-state index < -0.39 is 38.6 Å². The number of furan rings is 1. The first-order valence-corrected chi connectivity index (χ1v) is 22.6. The van der Waals surface area contributed by atoms with Gasteiger partial charge in [0, 0.05) is 25.7 Å². The summed E-state index contributed by atoms with van der Waals surface area (Å²) < 4.78 is 39.9. The summed E-state index contributed by atoms with van der Waals surface area (Å²) in [4.78, 5) is 37.6. The zero-order valence-corrected chi connectivity index (χ0v) is 36.8. The predicted molar refractivity (Wildman–Crippen MR) is 222 cm³/mol. The molecule has 0 fully saturated rings. The number of esters is 2. The SMILES string of the molecule is CC/C=C/CC(O)/C=C/C=C/CCCCCCCC(=O)O[C@H](COC(=O)CCCCCCCCc1oc(CCC)c(C)c1C)COP(=O)([O-])OCC[N+](C)(C)C. The number of allylic oxidation sites excluding steroid dienone is 4. The van der Waals surface area contributed by atoms with Gasteiger partial charge in [0.15, 0.2) is 6.10 Å². The maximum absolute atomic E-state index is 12.7. The van der Waals surface area contributed by atoms with E-state index in [0.717, 1.165) is 101 Å². The predicted octanol–water partition coefficient (Wildman–Crippen LogP) is 9.35. The number of nitrogens with zero attached hydrogens (tertiary/aromatic N) is 1. The fraction of sp³-hybridized carbons (Fsp3) is 0.727. The van der Waals surface area contributed by atoms with Crippen molar-refractivity contribution in [1.29, 1.82) is 0 Å². The molecule has 0 saturated heterocycles. The minimum absolute atomic E-state index is 0.0539. The van der Waals surface area contributed by atoms with Crippen LogP contribution >= 0.6 is 7.82 Å². The van der Waals surface area contributed by atoms with Crippen molar-refractivity contribution in [3.05, 3.63) is 59.1 Å². The smallest absolute Gasteiger partial charge is 0.306 e. The number of aliphatic hydroxyl groups excluding tert-OH is 1. The number of carbonyl (C=O) groups excluding carboxylic acids is 2. The molecule has 1 aromatic rings. The van der Waals surface area contributed by atoms with Crippen molar-refractivity contribution in [2.75, 3.05) is 47.5 Å². The van der Waals surface area contributed by atoms with Crippen molar-refractivity contribution in [2.24, 2.45) is 0 Å². The molecule has 11 nitrogen and oxygen atoms in total. The number of rotatable bonds is 34. The highest BCUT2D eigenvalue weighted by molar-refractivity contribution is 7.45. The van der Waals surface area contributed by atoms with Gasteiger partial charge in [-0.05, 0) is 76.3 Å². The van der Waals surface area contributed by atoms with Crippen molar-refractivity contribution in [3.63, 3.8) is 0 Å². The topological polar surface area (TPSA) is 145 Å². The first kappa shape index (κ1) is 51.5. The Morgan fingerprint density at radius 3 is 2.04 bits per heavy atom. The first-order chi connectivity index (χ1) is 26.7. The molecule has 0 saturated carbocycles. The Kier molecular flexibility index (Phi) is 28.1. The van der Waals surface area contributed by atoms with Crippen LogP contribution in [0, 0.1) is 13.8 Å². The van der Waals surface area contributed by atoms with Crippen molar-refractivity contribution < 1.29 is 51.6 Å². The van der Waals surface area contributed by atoms with Crippen molar-refractivity contribution in [3.8, 4) is 0 Å². The molecular weight excluding hydrogens is 733 g/mol. The molecule has 0 aliphatic rings. The van der Waals surface area contributed by atoms with Crippen LogP contribution in [0.5, 0.6) is 0 Å². The molecule has 56 heavy (non-hydrogen) atoms. The standard InChI is InChI=1S/C44H76NO10P/c1-8-10-22-28-39(46)29-23-18-14-12-11-13-15-21-26-32-44(48)54-40(36-53-56(49,50)52-34-33-45(5,6)7)35-51-43(47)31-25-20-17-16-19-24-30-42-38(4)37(3)41(55-42)27-9-2/h10,14,18,22-23,29,39-40,46H,8-9,11-13,15-17,19-21,24-28,30-36H2,1-7H3/b18-14+,22-10+,29-23+/t39?,40-/m1/s1. The third-order valence-corrected chi connectivity index (χ3v) is 10.4. The third-order valence-electron chi connectivity index (χ3n) is 9.43. The summed E-state index contributed by atoms with van der Waals surface area (Å²) in [5.41, 5.74) is 2.56. The quantitative estimate of drug-likeness (QED) is 0.0179. The number of aryl methyl sites for hydroxylation is 2. The molecule has 3 atom stereocenters. The highest BCUT2D eigenvalue weighted by atomic mass is 31.2. The lowest BCUT2D eigenvalue weighted by atomic mass is 10.0. The number of hydrogen-bond acceptors (Lipinski definition) is 10. The summed E-state index contributed by atoms with van der Waals surface area (Å²) >= 11 is 0. The highest BCUT2D eigenvalue weighted by Gasteiger charge is 2.22. The Morgan fingerprint density at radius 2 is 1.39 bits per heavy atom. The molecule has 0 aliphatic carbocycles. The number of phosphoric ester groups is 1. The fourth-order valence-corrected chi connectivity index (χ4v) is 6.58. The molecule has 0 bridgehead atoms. The Labute approximate surface area is 339 Å². The molecule has 12 heteroatoms. The van der Waals surface area contributed by atoms with Crippen LogP contribution in [0.1, 0.15) is 146 Å². The number of unbranched alkanes of at least 4 members (excludes halogenated alkanes) is 10. The largest absolute Gasteiger partial charge is 0.756 e. The van der Waals surface area contributed by atoms with E-state index in [9.17, 15) is 24.2 Å². The van der Waals surface area contributed by atoms with Gasteiger partial charge in [-0.3, -0.25) is 14.2 Å². The average molecular weight is 810 g/mol. The van der Waals surface area contributed by atoms with Crippen LogP contribution in [0.25, 0.3) is 0 Å². The second-order valence-corrected chi connectivity index (χ2v) is 17.2. The van der Waals surface area contributed by atoms with Gasteiger partial charge in [0.1, 0.15) is 31.3 Å². The van der Waals surface area contributed by atoms with E-state index >= 15 is 0 Å². The number of ether oxygens (including phenoxy) is 2. The minimum atomic E-state index is -4.66. The van der Waals surface area contributed by atoms with Crippen molar-refractivity contribution in [1.82, 2.24) is 0 Å². The second kappa shape index (κ2) is 30.5. The number of likely N-dealkylation sites (N-methyl/N-ethyl adjacent to an activating group) is 1. The van der Waals surface area contributed by atoms with Crippen LogP contribution in [-0.2, 0) is 45.5 Å². The molecule has 1 aromatic heterocycles. The zero-order chi connectivity index (χ0) is 41.7. The summed E-state index contributed by atoms with van der Waals surface area (Å²) in [6.45, 7) is 8.11. The highest BCUT2D eigenvalue weighted by Crippen LogP contribution is 2.38. The molecule has 1 N–H and O–H groups in total. The van der Waals surface area contributed by atoms with Crippen LogP contribution in [0.3, 0.4) is 0 Å². The van der Waals surface area contributed by atoms with Gasteiger partial charge in [-0.2, -0.15) is 0 Å². The Hall–Kier alpha value is -2.53. The van der Waals surface area contributed by atoms with E-state index in [2.05, 4.69) is 33.8 Å². The number of phosphoric acid groups is 1. The molecule has 2 unspecified atom stereocenters. The second-order valence-electron chi connectivity index (χ2n) is 15.8. The zero-order valence-electron chi connectivity index (χ0n) is 35.9. The van der Waals surface area contributed by atoms with Crippen LogP contribution in [0.15, 0.2) is 40.9 Å². The number of quaternary nitrogens is 1. The molecule has 0 aliphatic heterocycles. The molecule has 322 valence electrons. The third kappa shape index (κ3) is 27.2. The normalized spacial score (nSPS) is 14.5. The number of carbonyl (C=O) groups is 2. The van der Waals surface area contributed by atoms with E-state index in [0.29, 0.717) is 30.3 Å². The molecule has 0 spiro atoms. The summed E-state index contributed by atoms with van der Waals surface area (Å²) in [7, 11) is 1.08. The van der Waals surface area contributed by atoms with E-state index in [4.69, 9.17) is 22.9 Å². The van der Waals surface area contributed by atoms with Gasteiger partial charge in [0.25, 0.3) is 7.82 Å². The molecule has 1 rings (SSSR count). The molecule has 0 radical (unpaired) electrons. The maximum atomic E-state index is 12.7. The lowest BCUT2D eigenvalue weighted by molar-refractivity contribution is -0.870. The van der Waals surface area contributed by atoms with Crippen LogP contribution < -0.4 is 4.89 Å². The van der Waals surface area contributed by atoms with Gasteiger partial charge in [-0.25, -0.2) is 0 Å². The summed E-state index contributed by atoms with van der Waals surface area (Å²) in [5.74, 6) is 1.30. The Balaban J connectivity index is 2.41. The minimum Gasteiger partial charge on any atom is -0.756 e. The van der Waals surface area contributed by atoms with Crippen LogP contribution in [0.2, 0.25) is 0 Å². The Morgan fingerprint density at radius 1 is 0.786 bits per heavy atom. The monoisotopic (exact) mass is 810 g/mol. The van der Waals surface area contributed by atoms with E-state index in [-0.39, 0.29) is 26.1 Å². The summed E-state index contributed by atoms with van der Waals surface area (Å²) in [5, 5.41) is 9.89. The molecular formula is C44H76NO10P. The molecule has 1 heterocycles. The van der Waals surface area contributed by atoms with E-state index in [1.807, 2.05) is 45.4 Å². The number of hydrogen-bond donors (Lipinski definition) is 1. The first-order valence-electron chi connectivity index (χ1n) is 21.2.